The summed E-state index contributed by atoms with van der Waals surface area (Å²) in [5.41, 5.74) is 1.95. The molecule has 0 saturated carbocycles. The topological polar surface area (TPSA) is 71.0 Å². The molecule has 4 heterocycles. The summed E-state index contributed by atoms with van der Waals surface area (Å²) in [4.78, 5) is 29.8. The van der Waals surface area contributed by atoms with E-state index in [4.69, 9.17) is 0 Å². The molecule has 0 aromatic carbocycles. The molecule has 3 aromatic heterocycles. The highest BCUT2D eigenvalue weighted by molar-refractivity contribution is 7.20. The van der Waals surface area contributed by atoms with Crippen molar-refractivity contribution in [2.24, 2.45) is 0 Å². The number of nitrogens with zero attached hydrogens (tertiary/aromatic N) is 4. The van der Waals surface area contributed by atoms with Crippen molar-refractivity contribution in [3.05, 3.63) is 46.9 Å². The number of carbonyl (C=O) groups is 1. The number of anilines is 1. The molecule has 1 aliphatic rings. The first-order chi connectivity index (χ1) is 13.2. The summed E-state index contributed by atoms with van der Waals surface area (Å²) in [7, 11) is 0. The van der Waals surface area contributed by atoms with Gasteiger partial charge in [0, 0.05) is 32.0 Å². The molecule has 7 heteroatoms. The van der Waals surface area contributed by atoms with Crippen molar-refractivity contribution in [3.63, 3.8) is 0 Å². The monoisotopic (exact) mass is 381 g/mol. The standard InChI is InChI=1S/C20H23N5OS/c1-14-16-18(25-9-4-2-3-5-10-25)23-13-24-20(16)27-17(14)19(26)22-12-15-7-6-8-21-11-15/h6-8,11,13H,2-5,9-10,12H2,1H3,(H,22,26). The molecule has 0 unspecified atom stereocenters. The Balaban J connectivity index is 1.61. The van der Waals surface area contributed by atoms with Crippen LogP contribution in [0.5, 0.6) is 0 Å². The number of fused-ring (bicyclic) bond motifs is 1. The number of thiophene rings is 1. The van der Waals surface area contributed by atoms with Gasteiger partial charge in [-0.2, -0.15) is 0 Å². The number of aromatic nitrogens is 3. The van der Waals surface area contributed by atoms with Gasteiger partial charge in [0.1, 0.15) is 17.0 Å². The number of amides is 1. The molecule has 140 valence electrons. The Morgan fingerprint density at radius 2 is 2.04 bits per heavy atom. The number of hydrogen-bond acceptors (Lipinski definition) is 6. The molecule has 1 aliphatic heterocycles. The quantitative estimate of drug-likeness (QED) is 0.746. The fourth-order valence-corrected chi connectivity index (χ4v) is 4.62. The molecule has 0 aliphatic carbocycles. The first-order valence-electron chi connectivity index (χ1n) is 9.40. The van der Waals surface area contributed by atoms with E-state index in [1.165, 1.54) is 37.0 Å². The molecule has 0 bridgehead atoms. The normalized spacial score (nSPS) is 14.9. The molecule has 1 N–H and O–H groups in total. The number of carbonyl (C=O) groups excluding carboxylic acids is 1. The van der Waals surface area contributed by atoms with Crippen molar-refractivity contribution in [2.45, 2.75) is 39.2 Å². The zero-order valence-electron chi connectivity index (χ0n) is 15.4. The SMILES string of the molecule is Cc1c(C(=O)NCc2cccnc2)sc2ncnc(N3CCCCCC3)c12. The van der Waals surface area contributed by atoms with Crippen LogP contribution in [0.3, 0.4) is 0 Å². The predicted molar refractivity (Wildman–Crippen MR) is 108 cm³/mol. The second kappa shape index (κ2) is 8.00. The zero-order valence-corrected chi connectivity index (χ0v) is 16.3. The molecule has 3 aromatic rings. The third-order valence-corrected chi connectivity index (χ3v) is 6.19. The van der Waals surface area contributed by atoms with Crippen molar-refractivity contribution in [2.75, 3.05) is 18.0 Å². The maximum absolute atomic E-state index is 12.8. The van der Waals surface area contributed by atoms with Gasteiger partial charge in [0.2, 0.25) is 0 Å². The Labute approximate surface area is 162 Å². The van der Waals surface area contributed by atoms with E-state index in [2.05, 4.69) is 25.2 Å². The number of nitrogens with one attached hydrogen (secondary N) is 1. The molecular weight excluding hydrogens is 358 g/mol. The smallest absolute Gasteiger partial charge is 0.261 e. The van der Waals surface area contributed by atoms with Crippen LogP contribution >= 0.6 is 11.3 Å². The van der Waals surface area contributed by atoms with Crippen LogP contribution in [0.1, 0.15) is 46.5 Å². The van der Waals surface area contributed by atoms with Crippen molar-refractivity contribution in [1.29, 1.82) is 0 Å². The van der Waals surface area contributed by atoms with Crippen LogP contribution in [0.15, 0.2) is 30.9 Å². The molecule has 6 nitrogen and oxygen atoms in total. The molecular formula is C20H23N5OS. The third-order valence-electron chi connectivity index (χ3n) is 4.99. The third kappa shape index (κ3) is 3.78. The van der Waals surface area contributed by atoms with Crippen molar-refractivity contribution < 1.29 is 4.79 Å². The van der Waals surface area contributed by atoms with Crippen molar-refractivity contribution in [3.8, 4) is 0 Å². The summed E-state index contributed by atoms with van der Waals surface area (Å²) >= 11 is 1.45. The van der Waals surface area contributed by atoms with E-state index in [0.717, 1.165) is 40.3 Å². The molecule has 1 fully saturated rings. The van der Waals surface area contributed by atoms with Crippen LogP contribution in [0, 0.1) is 6.92 Å². The average molecular weight is 382 g/mol. The van der Waals surface area contributed by atoms with Crippen LogP contribution in [-0.2, 0) is 6.54 Å². The first-order valence-corrected chi connectivity index (χ1v) is 10.2. The second-order valence-electron chi connectivity index (χ2n) is 6.88. The molecule has 27 heavy (non-hydrogen) atoms. The molecule has 4 rings (SSSR count). The minimum Gasteiger partial charge on any atom is -0.356 e. The summed E-state index contributed by atoms with van der Waals surface area (Å²) < 4.78 is 0. The van der Waals surface area contributed by atoms with E-state index in [9.17, 15) is 4.79 Å². The lowest BCUT2D eigenvalue weighted by molar-refractivity contribution is 0.0954. The van der Waals surface area contributed by atoms with E-state index in [1.54, 1.807) is 18.7 Å². The van der Waals surface area contributed by atoms with Gasteiger partial charge in [-0.3, -0.25) is 9.78 Å². The maximum Gasteiger partial charge on any atom is 0.261 e. The summed E-state index contributed by atoms with van der Waals surface area (Å²) in [6.07, 6.45) is 10.0. The average Bonchev–Trinajstić information content (AvgIpc) is 2.88. The number of pyridine rings is 1. The lowest BCUT2D eigenvalue weighted by Gasteiger charge is -2.22. The lowest BCUT2D eigenvalue weighted by atomic mass is 10.2. The van der Waals surface area contributed by atoms with Gasteiger partial charge in [0.25, 0.3) is 5.91 Å². The highest BCUT2D eigenvalue weighted by Crippen LogP contribution is 2.35. The maximum atomic E-state index is 12.8. The van der Waals surface area contributed by atoms with Crippen LogP contribution < -0.4 is 10.2 Å². The van der Waals surface area contributed by atoms with Crippen LogP contribution in [0.25, 0.3) is 10.2 Å². The van der Waals surface area contributed by atoms with Gasteiger partial charge in [-0.1, -0.05) is 18.9 Å². The second-order valence-corrected chi connectivity index (χ2v) is 7.88. The van der Waals surface area contributed by atoms with Gasteiger partial charge in [0.15, 0.2) is 0 Å². The van der Waals surface area contributed by atoms with Gasteiger partial charge < -0.3 is 10.2 Å². The Morgan fingerprint density at radius 3 is 2.78 bits per heavy atom. The number of aryl methyl sites for hydroxylation is 1. The van der Waals surface area contributed by atoms with Gasteiger partial charge in [-0.05, 0) is 37.0 Å². The highest BCUT2D eigenvalue weighted by atomic mass is 32.1. The minimum absolute atomic E-state index is 0.0684. The predicted octanol–water partition coefficient (Wildman–Crippen LogP) is 3.71. The minimum atomic E-state index is -0.0684. The van der Waals surface area contributed by atoms with Gasteiger partial charge in [-0.25, -0.2) is 9.97 Å². The Kier molecular flexibility index (Phi) is 5.29. The lowest BCUT2D eigenvalue weighted by Crippen LogP contribution is -2.25. The summed E-state index contributed by atoms with van der Waals surface area (Å²) in [6.45, 7) is 4.50. The molecule has 0 atom stereocenters. The number of rotatable bonds is 4. The van der Waals surface area contributed by atoms with Gasteiger partial charge in [-0.15, -0.1) is 11.3 Å². The Morgan fingerprint density at radius 1 is 1.22 bits per heavy atom. The Hall–Kier alpha value is -2.54. The van der Waals surface area contributed by atoms with E-state index in [0.29, 0.717) is 11.4 Å². The molecule has 0 radical (unpaired) electrons. The highest BCUT2D eigenvalue weighted by Gasteiger charge is 2.22. The van der Waals surface area contributed by atoms with Crippen LogP contribution in [0.2, 0.25) is 0 Å². The van der Waals surface area contributed by atoms with E-state index in [-0.39, 0.29) is 5.91 Å². The van der Waals surface area contributed by atoms with Gasteiger partial charge >= 0.3 is 0 Å². The Bertz CT molecular complexity index is 932. The largest absolute Gasteiger partial charge is 0.356 e. The fourth-order valence-electron chi connectivity index (χ4n) is 3.56. The van der Waals surface area contributed by atoms with Crippen molar-refractivity contribution >= 4 is 33.3 Å². The van der Waals surface area contributed by atoms with E-state index in [1.807, 2.05) is 19.1 Å². The molecule has 1 saturated heterocycles. The van der Waals surface area contributed by atoms with Crippen LogP contribution in [0.4, 0.5) is 5.82 Å². The fraction of sp³-hybridized carbons (Fsp3) is 0.400. The first kappa shape index (κ1) is 17.9. The van der Waals surface area contributed by atoms with Gasteiger partial charge in [0.05, 0.1) is 10.3 Å². The van der Waals surface area contributed by atoms with Crippen LogP contribution in [-0.4, -0.2) is 33.9 Å². The van der Waals surface area contributed by atoms with E-state index < -0.39 is 0 Å². The zero-order chi connectivity index (χ0) is 18.6. The number of hydrogen-bond donors (Lipinski definition) is 1. The molecule has 0 spiro atoms. The molecule has 1 amide bonds. The van der Waals surface area contributed by atoms with Crippen molar-refractivity contribution in [1.82, 2.24) is 20.3 Å². The summed E-state index contributed by atoms with van der Waals surface area (Å²) in [5, 5.41) is 4.02. The summed E-state index contributed by atoms with van der Waals surface area (Å²) in [6, 6.07) is 3.82. The van der Waals surface area contributed by atoms with E-state index >= 15 is 0 Å². The summed E-state index contributed by atoms with van der Waals surface area (Å²) in [5.74, 6) is 0.906.